The molecule has 1 aromatic carbocycles. The molecule has 0 unspecified atom stereocenters. The normalized spacial score (nSPS) is 18.1. The van der Waals surface area contributed by atoms with E-state index in [0.29, 0.717) is 18.0 Å². The number of hydrogen-bond donors (Lipinski definition) is 1. The summed E-state index contributed by atoms with van der Waals surface area (Å²) in [5, 5.41) is 0. The van der Waals surface area contributed by atoms with Gasteiger partial charge < -0.3 is 15.2 Å². The maximum Gasteiger partial charge on any atom is 0.130 e. The first-order valence-corrected chi connectivity index (χ1v) is 6.79. The van der Waals surface area contributed by atoms with Crippen LogP contribution in [0.3, 0.4) is 0 Å². The molecule has 0 saturated heterocycles. The molecule has 1 aliphatic rings. The van der Waals surface area contributed by atoms with Gasteiger partial charge in [-0.2, -0.15) is 0 Å². The number of ether oxygens (including phenoxy) is 2. The van der Waals surface area contributed by atoms with E-state index in [1.54, 1.807) is 14.2 Å². The monoisotopic (exact) mass is 267 g/mol. The summed E-state index contributed by atoms with van der Waals surface area (Å²) in [6, 6.07) is 2.84. The van der Waals surface area contributed by atoms with Crippen LogP contribution in [0.2, 0.25) is 0 Å². The van der Waals surface area contributed by atoms with E-state index in [0.717, 1.165) is 31.2 Å². The second kappa shape index (κ2) is 5.78. The fourth-order valence-corrected chi connectivity index (χ4v) is 3.19. The van der Waals surface area contributed by atoms with Gasteiger partial charge in [-0.25, -0.2) is 4.39 Å². The van der Waals surface area contributed by atoms with Crippen molar-refractivity contribution in [3.8, 4) is 11.5 Å². The summed E-state index contributed by atoms with van der Waals surface area (Å²) in [6.45, 7) is 0.533. The van der Waals surface area contributed by atoms with Crippen molar-refractivity contribution in [1.82, 2.24) is 0 Å². The molecule has 2 N–H and O–H groups in total. The van der Waals surface area contributed by atoms with E-state index >= 15 is 0 Å². The molecule has 1 fully saturated rings. The smallest absolute Gasteiger partial charge is 0.130 e. The molecule has 4 heteroatoms. The third-order valence-corrected chi connectivity index (χ3v) is 4.20. The summed E-state index contributed by atoms with van der Waals surface area (Å²) in [5.41, 5.74) is 6.83. The number of halogens is 1. The Kier molecular flexibility index (Phi) is 4.30. The van der Waals surface area contributed by atoms with Gasteiger partial charge in [0.25, 0.3) is 0 Å². The van der Waals surface area contributed by atoms with Crippen molar-refractivity contribution in [2.75, 3.05) is 20.8 Å². The van der Waals surface area contributed by atoms with Gasteiger partial charge in [-0.15, -0.1) is 0 Å². The van der Waals surface area contributed by atoms with Crippen molar-refractivity contribution in [3.63, 3.8) is 0 Å². The van der Waals surface area contributed by atoms with Crippen LogP contribution >= 0.6 is 0 Å². The molecule has 0 radical (unpaired) electrons. The molecule has 0 amide bonds. The molecule has 0 aliphatic heterocycles. The molecule has 0 atom stereocenters. The number of methoxy groups -OCH3 is 2. The van der Waals surface area contributed by atoms with Crippen molar-refractivity contribution in [1.29, 1.82) is 0 Å². The van der Waals surface area contributed by atoms with Gasteiger partial charge in [-0.05, 0) is 12.8 Å². The van der Waals surface area contributed by atoms with Gasteiger partial charge in [0, 0.05) is 29.7 Å². The zero-order chi connectivity index (χ0) is 13.9. The molecule has 2 rings (SSSR count). The maximum atomic E-state index is 13.6. The fourth-order valence-electron chi connectivity index (χ4n) is 3.19. The van der Waals surface area contributed by atoms with Crippen molar-refractivity contribution >= 4 is 0 Å². The molecule has 1 saturated carbocycles. The zero-order valence-electron chi connectivity index (χ0n) is 11.7. The highest BCUT2D eigenvalue weighted by Gasteiger charge is 2.38. The Hall–Kier alpha value is -1.29. The Labute approximate surface area is 113 Å². The standard InChI is InChI=1S/C15H22FNO2/c1-18-12-8-11(16)9-13(19-2)14(12)15(10-17)6-4-3-5-7-15/h8-9H,3-7,10,17H2,1-2H3. The average molecular weight is 267 g/mol. The number of hydrogen-bond acceptors (Lipinski definition) is 3. The van der Waals surface area contributed by atoms with E-state index < -0.39 is 0 Å². The van der Waals surface area contributed by atoms with Crippen LogP contribution in [-0.4, -0.2) is 20.8 Å². The lowest BCUT2D eigenvalue weighted by molar-refractivity contribution is 0.273. The van der Waals surface area contributed by atoms with Crippen molar-refractivity contribution in [2.45, 2.75) is 37.5 Å². The minimum absolute atomic E-state index is 0.150. The first-order chi connectivity index (χ1) is 9.16. The highest BCUT2D eigenvalue weighted by molar-refractivity contribution is 5.51. The van der Waals surface area contributed by atoms with E-state index in [-0.39, 0.29) is 11.2 Å². The summed E-state index contributed by atoms with van der Waals surface area (Å²) in [4.78, 5) is 0. The van der Waals surface area contributed by atoms with E-state index in [9.17, 15) is 4.39 Å². The Morgan fingerprint density at radius 1 is 1.11 bits per heavy atom. The molecule has 0 bridgehead atoms. The topological polar surface area (TPSA) is 44.5 Å². The molecule has 3 nitrogen and oxygen atoms in total. The van der Waals surface area contributed by atoms with Gasteiger partial charge in [-0.1, -0.05) is 19.3 Å². The van der Waals surface area contributed by atoms with Gasteiger partial charge >= 0.3 is 0 Å². The lowest BCUT2D eigenvalue weighted by atomic mass is 9.69. The van der Waals surface area contributed by atoms with Crippen LogP contribution in [0, 0.1) is 5.82 Å². The Bertz CT molecular complexity index is 417. The summed E-state index contributed by atoms with van der Waals surface area (Å²) in [6.07, 6.45) is 5.51. The van der Waals surface area contributed by atoms with E-state index in [1.165, 1.54) is 18.6 Å². The number of nitrogens with two attached hydrogens (primary N) is 1. The Morgan fingerprint density at radius 3 is 2.05 bits per heavy atom. The van der Waals surface area contributed by atoms with Crippen LogP contribution in [-0.2, 0) is 5.41 Å². The highest BCUT2D eigenvalue weighted by atomic mass is 19.1. The summed E-state index contributed by atoms with van der Waals surface area (Å²) in [7, 11) is 3.12. The fraction of sp³-hybridized carbons (Fsp3) is 0.600. The quantitative estimate of drug-likeness (QED) is 0.912. The summed E-state index contributed by atoms with van der Waals surface area (Å²) >= 11 is 0. The van der Waals surface area contributed by atoms with Crippen LogP contribution in [0.25, 0.3) is 0 Å². The molecular weight excluding hydrogens is 245 g/mol. The van der Waals surface area contributed by atoms with Crippen LogP contribution in [0.4, 0.5) is 4.39 Å². The van der Waals surface area contributed by atoms with Crippen LogP contribution in [0.5, 0.6) is 11.5 Å². The van der Waals surface area contributed by atoms with Gasteiger partial charge in [0.15, 0.2) is 0 Å². The Morgan fingerprint density at radius 2 is 1.63 bits per heavy atom. The summed E-state index contributed by atoms with van der Waals surface area (Å²) in [5.74, 6) is 0.744. The van der Waals surface area contributed by atoms with Crippen LogP contribution in [0.15, 0.2) is 12.1 Å². The van der Waals surface area contributed by atoms with Gasteiger partial charge in [-0.3, -0.25) is 0 Å². The SMILES string of the molecule is COc1cc(F)cc(OC)c1C1(CN)CCCCC1. The molecular formula is C15H22FNO2. The molecule has 1 aromatic rings. The molecule has 0 spiro atoms. The second-order valence-corrected chi connectivity index (χ2v) is 5.23. The molecule has 19 heavy (non-hydrogen) atoms. The average Bonchev–Trinajstić information content (AvgIpc) is 2.46. The first kappa shape index (κ1) is 14.1. The highest BCUT2D eigenvalue weighted by Crippen LogP contribution is 2.47. The predicted molar refractivity (Wildman–Crippen MR) is 73.3 cm³/mol. The zero-order valence-corrected chi connectivity index (χ0v) is 11.7. The van der Waals surface area contributed by atoms with Gasteiger partial charge in [0.1, 0.15) is 17.3 Å². The van der Waals surface area contributed by atoms with Crippen LogP contribution < -0.4 is 15.2 Å². The van der Waals surface area contributed by atoms with E-state index in [2.05, 4.69) is 0 Å². The van der Waals surface area contributed by atoms with Crippen molar-refractivity contribution in [3.05, 3.63) is 23.5 Å². The lowest BCUT2D eigenvalue weighted by Gasteiger charge is -2.38. The molecule has 0 aromatic heterocycles. The minimum Gasteiger partial charge on any atom is -0.496 e. The second-order valence-electron chi connectivity index (χ2n) is 5.23. The largest absolute Gasteiger partial charge is 0.496 e. The minimum atomic E-state index is -0.347. The number of rotatable bonds is 4. The lowest BCUT2D eigenvalue weighted by Crippen LogP contribution is -2.37. The third-order valence-electron chi connectivity index (χ3n) is 4.20. The number of benzene rings is 1. The Balaban J connectivity index is 2.57. The molecule has 0 heterocycles. The van der Waals surface area contributed by atoms with E-state index in [4.69, 9.17) is 15.2 Å². The third kappa shape index (κ3) is 2.54. The van der Waals surface area contributed by atoms with Crippen molar-refractivity contribution < 1.29 is 13.9 Å². The van der Waals surface area contributed by atoms with Crippen LogP contribution in [0.1, 0.15) is 37.7 Å². The molecule has 1 aliphatic carbocycles. The van der Waals surface area contributed by atoms with E-state index in [1.807, 2.05) is 0 Å². The van der Waals surface area contributed by atoms with Crippen molar-refractivity contribution in [2.24, 2.45) is 5.73 Å². The predicted octanol–water partition coefficient (Wildman–Crippen LogP) is 3.00. The van der Waals surface area contributed by atoms with Gasteiger partial charge in [0.05, 0.1) is 14.2 Å². The first-order valence-electron chi connectivity index (χ1n) is 6.79. The van der Waals surface area contributed by atoms with Gasteiger partial charge in [0.2, 0.25) is 0 Å². The molecule has 106 valence electrons. The summed E-state index contributed by atoms with van der Waals surface area (Å²) < 4.78 is 24.3. The maximum absolute atomic E-state index is 13.6.